The first kappa shape index (κ1) is 23.4. The van der Waals surface area contributed by atoms with Crippen LogP contribution in [0.1, 0.15) is 29.9 Å². The van der Waals surface area contributed by atoms with Crippen molar-refractivity contribution in [2.24, 2.45) is 7.05 Å². The Morgan fingerprint density at radius 2 is 1.89 bits per heavy atom. The molecule has 36 heavy (non-hydrogen) atoms. The molecule has 0 bridgehead atoms. The highest BCUT2D eigenvalue weighted by Gasteiger charge is 2.35. The lowest BCUT2D eigenvalue weighted by Gasteiger charge is -2.20. The Morgan fingerprint density at radius 3 is 2.61 bits per heavy atom. The molecular weight excluding hydrogens is 478 g/mol. The molecule has 4 heterocycles. The molecule has 1 aromatic carbocycles. The SMILES string of the molecule is Cc1nc(N[C@H](C)c2cccc(C(F)(F)F)c2F)c2cc(-c3ccn(C)c(=O)c3)n3cnnc3c2n1. The van der Waals surface area contributed by atoms with E-state index in [1.807, 2.05) is 0 Å². The van der Waals surface area contributed by atoms with E-state index < -0.39 is 23.6 Å². The predicted octanol–water partition coefficient (Wildman–Crippen LogP) is 4.68. The van der Waals surface area contributed by atoms with E-state index >= 15 is 0 Å². The van der Waals surface area contributed by atoms with E-state index in [9.17, 15) is 22.4 Å². The van der Waals surface area contributed by atoms with Crippen LogP contribution in [-0.4, -0.2) is 29.1 Å². The average molecular weight is 497 g/mol. The Kier molecular flexibility index (Phi) is 5.46. The maximum Gasteiger partial charge on any atom is 0.419 e. The second kappa shape index (κ2) is 8.40. The number of pyridine rings is 2. The topological polar surface area (TPSA) is 90.0 Å². The summed E-state index contributed by atoms with van der Waals surface area (Å²) in [4.78, 5) is 21.2. The molecule has 4 aromatic heterocycles. The summed E-state index contributed by atoms with van der Waals surface area (Å²) in [5.74, 6) is -0.703. The molecule has 5 rings (SSSR count). The molecule has 0 saturated heterocycles. The van der Waals surface area contributed by atoms with Crippen LogP contribution in [0.25, 0.3) is 27.8 Å². The van der Waals surface area contributed by atoms with Crippen LogP contribution in [-0.2, 0) is 13.2 Å². The standard InChI is InChI=1S/C24H19F4N7O/c1-12(15-5-4-6-17(20(15)25)24(26,27)28)30-22-16-10-18(14-7-8-34(3)19(36)9-14)35-11-29-33-23(35)21(16)31-13(2)32-22/h4-12H,1-3H3,(H,30,31,32)/t12-/m1/s1. The van der Waals surface area contributed by atoms with Gasteiger partial charge in [-0.2, -0.15) is 13.2 Å². The Morgan fingerprint density at radius 1 is 1.11 bits per heavy atom. The van der Waals surface area contributed by atoms with E-state index in [0.29, 0.717) is 39.7 Å². The second-order valence-electron chi connectivity index (χ2n) is 8.37. The summed E-state index contributed by atoms with van der Waals surface area (Å²) in [5, 5.41) is 11.7. The molecule has 0 aliphatic heterocycles. The van der Waals surface area contributed by atoms with Gasteiger partial charge in [0.25, 0.3) is 5.56 Å². The fourth-order valence-electron chi connectivity index (χ4n) is 4.09. The molecular formula is C24H19F4N7O. The number of aryl methyl sites for hydroxylation is 2. The minimum absolute atomic E-state index is 0.162. The fraction of sp³-hybridized carbons (Fsp3) is 0.208. The number of alkyl halides is 3. The van der Waals surface area contributed by atoms with Gasteiger partial charge in [-0.25, -0.2) is 14.4 Å². The van der Waals surface area contributed by atoms with Crippen molar-refractivity contribution in [2.75, 3.05) is 5.32 Å². The summed E-state index contributed by atoms with van der Waals surface area (Å²) >= 11 is 0. The van der Waals surface area contributed by atoms with Gasteiger partial charge in [0.15, 0.2) is 5.65 Å². The molecule has 0 fully saturated rings. The molecule has 12 heteroatoms. The number of fused-ring (bicyclic) bond motifs is 3. The van der Waals surface area contributed by atoms with Crippen molar-refractivity contribution in [1.29, 1.82) is 0 Å². The van der Waals surface area contributed by atoms with Crippen molar-refractivity contribution in [1.82, 2.24) is 29.1 Å². The van der Waals surface area contributed by atoms with Gasteiger partial charge in [0.05, 0.1) is 17.3 Å². The number of nitrogens with one attached hydrogen (secondary N) is 1. The van der Waals surface area contributed by atoms with Gasteiger partial charge in [-0.15, -0.1) is 10.2 Å². The highest BCUT2D eigenvalue weighted by Crippen LogP contribution is 2.36. The van der Waals surface area contributed by atoms with Gasteiger partial charge >= 0.3 is 6.18 Å². The lowest BCUT2D eigenvalue weighted by Crippen LogP contribution is -2.15. The molecule has 1 atom stereocenters. The van der Waals surface area contributed by atoms with Crippen molar-refractivity contribution in [3.8, 4) is 11.3 Å². The molecule has 0 aliphatic carbocycles. The van der Waals surface area contributed by atoms with Crippen LogP contribution in [0.2, 0.25) is 0 Å². The zero-order chi connectivity index (χ0) is 25.8. The number of aromatic nitrogens is 6. The number of hydrogen-bond acceptors (Lipinski definition) is 6. The Balaban J connectivity index is 1.68. The number of nitrogens with zero attached hydrogens (tertiary/aromatic N) is 6. The van der Waals surface area contributed by atoms with Crippen LogP contribution in [0.15, 0.2) is 53.7 Å². The summed E-state index contributed by atoms with van der Waals surface area (Å²) in [7, 11) is 1.63. The minimum Gasteiger partial charge on any atom is -0.363 e. The molecule has 0 unspecified atom stereocenters. The zero-order valence-corrected chi connectivity index (χ0v) is 19.3. The third-order valence-electron chi connectivity index (χ3n) is 5.91. The van der Waals surface area contributed by atoms with Crippen LogP contribution >= 0.6 is 0 Å². The van der Waals surface area contributed by atoms with Gasteiger partial charge in [0.2, 0.25) is 0 Å². The van der Waals surface area contributed by atoms with Crippen LogP contribution in [0.5, 0.6) is 0 Å². The number of hydrogen-bond donors (Lipinski definition) is 1. The maximum absolute atomic E-state index is 14.8. The van der Waals surface area contributed by atoms with Crippen molar-refractivity contribution >= 4 is 22.4 Å². The first-order chi connectivity index (χ1) is 17.0. The van der Waals surface area contributed by atoms with Crippen LogP contribution < -0.4 is 10.9 Å². The monoisotopic (exact) mass is 497 g/mol. The smallest absolute Gasteiger partial charge is 0.363 e. The fourth-order valence-corrected chi connectivity index (χ4v) is 4.09. The molecule has 0 amide bonds. The first-order valence-electron chi connectivity index (χ1n) is 10.8. The number of benzene rings is 1. The third-order valence-corrected chi connectivity index (χ3v) is 5.91. The van der Waals surface area contributed by atoms with E-state index in [-0.39, 0.29) is 16.9 Å². The Hall–Kier alpha value is -4.35. The van der Waals surface area contributed by atoms with E-state index in [4.69, 9.17) is 0 Å². The molecule has 0 radical (unpaired) electrons. The zero-order valence-electron chi connectivity index (χ0n) is 19.3. The summed E-state index contributed by atoms with van der Waals surface area (Å²) < 4.78 is 57.6. The minimum atomic E-state index is -4.82. The van der Waals surface area contributed by atoms with Crippen molar-refractivity contribution < 1.29 is 17.6 Å². The third kappa shape index (κ3) is 3.93. The first-order valence-corrected chi connectivity index (χ1v) is 10.8. The van der Waals surface area contributed by atoms with Gasteiger partial charge < -0.3 is 9.88 Å². The summed E-state index contributed by atoms with van der Waals surface area (Å²) in [6.07, 6.45) is -1.70. The lowest BCUT2D eigenvalue weighted by atomic mass is 10.0. The van der Waals surface area contributed by atoms with Crippen LogP contribution in [0.4, 0.5) is 23.4 Å². The lowest BCUT2D eigenvalue weighted by molar-refractivity contribution is -0.140. The molecule has 0 saturated carbocycles. The number of anilines is 1. The quantitative estimate of drug-likeness (QED) is 0.363. The second-order valence-corrected chi connectivity index (χ2v) is 8.37. The Bertz CT molecular complexity index is 1690. The molecule has 184 valence electrons. The van der Waals surface area contributed by atoms with Gasteiger partial charge in [0.1, 0.15) is 29.3 Å². The molecule has 8 nitrogen and oxygen atoms in total. The van der Waals surface area contributed by atoms with Crippen molar-refractivity contribution in [3.63, 3.8) is 0 Å². The average Bonchev–Trinajstić information content (AvgIpc) is 3.30. The maximum atomic E-state index is 14.8. The van der Waals surface area contributed by atoms with Gasteiger partial charge in [-0.3, -0.25) is 9.20 Å². The van der Waals surface area contributed by atoms with Gasteiger partial charge in [-0.05, 0) is 32.0 Å². The summed E-state index contributed by atoms with van der Waals surface area (Å²) in [5.41, 5.74) is 0.282. The molecule has 5 aromatic rings. The van der Waals surface area contributed by atoms with Crippen LogP contribution in [0.3, 0.4) is 0 Å². The van der Waals surface area contributed by atoms with Crippen LogP contribution in [0, 0.1) is 12.7 Å². The van der Waals surface area contributed by atoms with Crippen molar-refractivity contribution in [2.45, 2.75) is 26.1 Å². The molecule has 1 N–H and O–H groups in total. The van der Waals surface area contributed by atoms with Gasteiger partial charge in [-0.1, -0.05) is 12.1 Å². The number of rotatable bonds is 4. The molecule has 0 spiro atoms. The number of halogens is 4. The van der Waals surface area contributed by atoms with Crippen molar-refractivity contribution in [3.05, 3.63) is 82.0 Å². The largest absolute Gasteiger partial charge is 0.419 e. The van der Waals surface area contributed by atoms with Gasteiger partial charge in [0, 0.05) is 35.8 Å². The van der Waals surface area contributed by atoms with E-state index in [0.717, 1.165) is 6.07 Å². The summed E-state index contributed by atoms with van der Waals surface area (Å²) in [6.45, 7) is 3.20. The summed E-state index contributed by atoms with van der Waals surface area (Å²) in [6, 6.07) is 7.24. The normalized spacial score (nSPS) is 12.9. The predicted molar refractivity (Wildman–Crippen MR) is 125 cm³/mol. The van der Waals surface area contributed by atoms with E-state index in [2.05, 4.69) is 25.5 Å². The highest BCUT2D eigenvalue weighted by atomic mass is 19.4. The molecule has 0 aliphatic rings. The highest BCUT2D eigenvalue weighted by molar-refractivity contribution is 5.99. The van der Waals surface area contributed by atoms with E-state index in [1.54, 1.807) is 43.6 Å². The van der Waals surface area contributed by atoms with E-state index in [1.165, 1.54) is 23.0 Å². The Labute approximate surface area is 201 Å².